The van der Waals surface area contributed by atoms with Gasteiger partial charge in [0.05, 0.1) is 12.7 Å². The molecule has 0 aromatic heterocycles. The highest BCUT2D eigenvalue weighted by Crippen LogP contribution is 2.17. The molecule has 0 amide bonds. The van der Waals surface area contributed by atoms with Crippen LogP contribution >= 0.6 is 0 Å². The number of carbonyl (C=O) groups is 2. The van der Waals surface area contributed by atoms with Crippen LogP contribution in [-0.4, -0.2) is 69.2 Å². The van der Waals surface area contributed by atoms with E-state index in [4.69, 9.17) is 18.9 Å². The summed E-state index contributed by atoms with van der Waals surface area (Å²) in [6.07, 6.45) is 37.3. The lowest BCUT2D eigenvalue weighted by Crippen LogP contribution is -2.25. The molecule has 7 nitrogen and oxygen atoms in total. The first-order valence-electron chi connectivity index (χ1n) is 20.7. The quantitative estimate of drug-likeness (QED) is 0.0280. The normalized spacial score (nSPS) is 13.8. The van der Waals surface area contributed by atoms with Gasteiger partial charge < -0.3 is 23.8 Å². The Hall–Kier alpha value is -1.70. The molecule has 286 valence electrons. The number of nitrogens with zero attached hydrogens (tertiary/aromatic N) is 1. The average molecular weight is 692 g/mol. The van der Waals surface area contributed by atoms with Crippen LogP contribution in [0.5, 0.6) is 0 Å². The van der Waals surface area contributed by atoms with E-state index in [-0.39, 0.29) is 18.0 Å². The summed E-state index contributed by atoms with van der Waals surface area (Å²) in [6.45, 7) is 9.77. The molecule has 0 aromatic carbocycles. The van der Waals surface area contributed by atoms with Crippen molar-refractivity contribution in [3.8, 4) is 0 Å². The van der Waals surface area contributed by atoms with Crippen LogP contribution in [0.25, 0.3) is 0 Å². The molecule has 1 rings (SSSR count). The zero-order valence-corrected chi connectivity index (χ0v) is 32.1. The van der Waals surface area contributed by atoms with Gasteiger partial charge in [0, 0.05) is 19.4 Å². The molecule has 1 aliphatic rings. The molecule has 1 fully saturated rings. The molecule has 1 aliphatic heterocycles. The van der Waals surface area contributed by atoms with Crippen LogP contribution in [0, 0.1) is 0 Å². The molecule has 0 spiro atoms. The van der Waals surface area contributed by atoms with Crippen molar-refractivity contribution in [1.82, 2.24) is 4.90 Å². The van der Waals surface area contributed by atoms with E-state index in [1.54, 1.807) is 0 Å². The van der Waals surface area contributed by atoms with Crippen LogP contribution in [0.1, 0.15) is 181 Å². The summed E-state index contributed by atoms with van der Waals surface area (Å²) in [5, 5.41) is 0. The van der Waals surface area contributed by atoms with Crippen molar-refractivity contribution in [1.29, 1.82) is 0 Å². The molecule has 49 heavy (non-hydrogen) atoms. The summed E-state index contributed by atoms with van der Waals surface area (Å²) in [5.74, 6) is -0.157. The Morgan fingerprint density at radius 3 is 1.57 bits per heavy atom. The average Bonchev–Trinajstić information content (AvgIpc) is 3.63. The predicted molar refractivity (Wildman–Crippen MR) is 204 cm³/mol. The molecule has 7 heteroatoms. The summed E-state index contributed by atoms with van der Waals surface area (Å²) in [5.41, 5.74) is 0. The van der Waals surface area contributed by atoms with Crippen LogP contribution in [0.3, 0.4) is 0 Å². The Labute approximate surface area is 302 Å². The van der Waals surface area contributed by atoms with Crippen LogP contribution < -0.4 is 0 Å². The molecule has 0 aromatic rings. The smallest absolute Gasteiger partial charge is 0.306 e. The molecule has 0 saturated carbocycles. The maximum Gasteiger partial charge on any atom is 0.306 e. The fraction of sp³-hybridized carbons (Fsp3) is 0.857. The van der Waals surface area contributed by atoms with E-state index in [2.05, 4.69) is 30.9 Å². The highest BCUT2D eigenvalue weighted by atomic mass is 16.7. The van der Waals surface area contributed by atoms with Gasteiger partial charge >= 0.3 is 11.9 Å². The Kier molecular flexibility index (Phi) is 33.4. The fourth-order valence-corrected chi connectivity index (χ4v) is 6.23. The number of rotatable bonds is 36. The molecule has 1 saturated heterocycles. The maximum absolute atomic E-state index is 12.0. The standard InChI is InChI=1S/C42H77NO6/c1-3-5-7-9-11-19-27-36-47-41(44)31-23-17-13-15-21-29-40(49-39-46-38-35-43-33-25-26-34-43)30-22-16-14-18-24-32-42(45)48-37-28-20-12-10-8-6-4-2/h19-20,27-28,40H,3-18,21-26,29-39H2,1-2H3/b27-19-,28-20-. The second-order valence-electron chi connectivity index (χ2n) is 14.0. The number of allylic oxidation sites excluding steroid dienone is 2. The molecular weight excluding hydrogens is 614 g/mol. The lowest BCUT2D eigenvalue weighted by atomic mass is 10.0. The second-order valence-corrected chi connectivity index (χ2v) is 14.0. The Balaban J connectivity index is 2.13. The first-order chi connectivity index (χ1) is 24.2. The largest absolute Gasteiger partial charge is 0.461 e. The number of unbranched alkanes of at least 4 members (excludes halogenated alkanes) is 16. The monoisotopic (exact) mass is 692 g/mol. The van der Waals surface area contributed by atoms with Crippen molar-refractivity contribution in [3.63, 3.8) is 0 Å². The molecule has 0 N–H and O–H groups in total. The van der Waals surface area contributed by atoms with Crippen molar-refractivity contribution < 1.29 is 28.5 Å². The molecule has 0 aliphatic carbocycles. The summed E-state index contributed by atoms with van der Waals surface area (Å²) >= 11 is 0. The molecule has 0 radical (unpaired) electrons. The summed E-state index contributed by atoms with van der Waals surface area (Å²) in [7, 11) is 0. The zero-order valence-electron chi connectivity index (χ0n) is 32.1. The second kappa shape index (κ2) is 36.1. The number of hydrogen-bond donors (Lipinski definition) is 0. The third-order valence-corrected chi connectivity index (χ3v) is 9.41. The van der Waals surface area contributed by atoms with Crippen molar-refractivity contribution in [2.24, 2.45) is 0 Å². The van der Waals surface area contributed by atoms with Gasteiger partial charge in [-0.15, -0.1) is 0 Å². The first kappa shape index (κ1) is 45.3. The van der Waals surface area contributed by atoms with Gasteiger partial charge in [-0.1, -0.05) is 128 Å². The van der Waals surface area contributed by atoms with E-state index in [0.29, 0.717) is 32.8 Å². The SMILES string of the molecule is CCCCCC/C=C\COC(=O)CCCCCCCC(CCCCCCCC(=O)OC/C=C\CCCCCC)OCOCCN1CCCC1. The molecule has 0 bridgehead atoms. The predicted octanol–water partition coefficient (Wildman–Crippen LogP) is 11.0. The van der Waals surface area contributed by atoms with E-state index >= 15 is 0 Å². The number of likely N-dealkylation sites (tertiary alicyclic amines) is 1. The minimum Gasteiger partial charge on any atom is -0.461 e. The van der Waals surface area contributed by atoms with E-state index < -0.39 is 0 Å². The summed E-state index contributed by atoms with van der Waals surface area (Å²) < 4.78 is 22.8. The number of esters is 2. The highest BCUT2D eigenvalue weighted by molar-refractivity contribution is 5.69. The van der Waals surface area contributed by atoms with Crippen LogP contribution in [0.4, 0.5) is 0 Å². The van der Waals surface area contributed by atoms with Gasteiger partial charge in [0.1, 0.15) is 20.0 Å². The topological polar surface area (TPSA) is 74.3 Å². The third-order valence-electron chi connectivity index (χ3n) is 9.41. The fourth-order valence-electron chi connectivity index (χ4n) is 6.23. The molecule has 0 atom stereocenters. The van der Waals surface area contributed by atoms with Gasteiger partial charge in [-0.05, 0) is 77.3 Å². The zero-order chi connectivity index (χ0) is 35.3. The maximum atomic E-state index is 12.0. The number of carbonyl (C=O) groups excluding carboxylic acids is 2. The molecular formula is C42H77NO6. The first-order valence-corrected chi connectivity index (χ1v) is 20.7. The highest BCUT2D eigenvalue weighted by Gasteiger charge is 2.12. The van der Waals surface area contributed by atoms with E-state index in [1.165, 1.54) is 77.3 Å². The van der Waals surface area contributed by atoms with Gasteiger partial charge in [0.15, 0.2) is 0 Å². The van der Waals surface area contributed by atoms with Crippen molar-refractivity contribution in [2.45, 2.75) is 187 Å². The van der Waals surface area contributed by atoms with Gasteiger partial charge in [-0.3, -0.25) is 9.59 Å². The lowest BCUT2D eigenvalue weighted by molar-refractivity contribution is -0.143. The number of ether oxygens (including phenoxy) is 4. The summed E-state index contributed by atoms with van der Waals surface area (Å²) in [6, 6.07) is 0. The van der Waals surface area contributed by atoms with Gasteiger partial charge in [0.25, 0.3) is 0 Å². The third kappa shape index (κ3) is 32.0. The molecule has 1 heterocycles. The van der Waals surface area contributed by atoms with E-state index in [9.17, 15) is 9.59 Å². The Morgan fingerprint density at radius 1 is 0.592 bits per heavy atom. The van der Waals surface area contributed by atoms with Crippen LogP contribution in [-0.2, 0) is 28.5 Å². The van der Waals surface area contributed by atoms with Crippen molar-refractivity contribution in [3.05, 3.63) is 24.3 Å². The minimum atomic E-state index is -0.0787. The number of hydrogen-bond acceptors (Lipinski definition) is 7. The van der Waals surface area contributed by atoms with Gasteiger partial charge in [0.2, 0.25) is 0 Å². The van der Waals surface area contributed by atoms with Crippen LogP contribution in [0.15, 0.2) is 24.3 Å². The Bertz CT molecular complexity index is 742. The summed E-state index contributed by atoms with van der Waals surface area (Å²) in [4.78, 5) is 26.5. The Morgan fingerprint density at radius 2 is 1.06 bits per heavy atom. The van der Waals surface area contributed by atoms with E-state index in [0.717, 1.165) is 103 Å². The van der Waals surface area contributed by atoms with Gasteiger partial charge in [-0.2, -0.15) is 0 Å². The minimum absolute atomic E-state index is 0.0787. The van der Waals surface area contributed by atoms with E-state index in [1.807, 2.05) is 12.2 Å². The van der Waals surface area contributed by atoms with Gasteiger partial charge in [-0.25, -0.2) is 0 Å². The van der Waals surface area contributed by atoms with Crippen molar-refractivity contribution in [2.75, 3.05) is 46.2 Å². The van der Waals surface area contributed by atoms with Crippen LogP contribution in [0.2, 0.25) is 0 Å². The van der Waals surface area contributed by atoms with Crippen molar-refractivity contribution >= 4 is 11.9 Å². The molecule has 0 unspecified atom stereocenters. The lowest BCUT2D eigenvalue weighted by Gasteiger charge is -2.19.